The molecule has 0 aromatic heterocycles. The average molecular weight is 480 g/mol. The van der Waals surface area contributed by atoms with Crippen LogP contribution < -0.4 is 10.6 Å². The first kappa shape index (κ1) is 24.1. The van der Waals surface area contributed by atoms with Crippen LogP contribution in [0.2, 0.25) is 5.02 Å². The number of phenolic OH excluding ortho intramolecular Hbond substituents is 1. The van der Waals surface area contributed by atoms with Crippen molar-refractivity contribution in [3.63, 3.8) is 0 Å². The van der Waals surface area contributed by atoms with E-state index in [0.717, 1.165) is 54.0 Å². The minimum Gasteiger partial charge on any atom is -0.508 e. The number of aliphatic hydroxyl groups excluding tert-OH is 1. The minimum atomic E-state index is -0.100. The number of benzene rings is 3. The molecule has 0 spiro atoms. The van der Waals surface area contributed by atoms with E-state index in [4.69, 9.17) is 11.6 Å². The van der Waals surface area contributed by atoms with E-state index >= 15 is 0 Å². The maximum Gasteiger partial charge on any atom is 0.238 e. The maximum atomic E-state index is 12.6. The molecule has 4 N–H and O–H groups in total. The Labute approximate surface area is 205 Å². The molecular formula is C27H30ClN3O3. The van der Waals surface area contributed by atoms with Gasteiger partial charge in [-0.2, -0.15) is 0 Å². The van der Waals surface area contributed by atoms with Gasteiger partial charge in [0.15, 0.2) is 0 Å². The normalized spacial score (nSPS) is 14.6. The molecule has 1 aliphatic rings. The molecular weight excluding hydrogens is 450 g/mol. The summed E-state index contributed by atoms with van der Waals surface area (Å²) in [5.74, 6) is 0.262. The molecule has 3 aromatic rings. The number of hydrogen-bond acceptors (Lipinski definition) is 5. The molecule has 4 rings (SSSR count). The number of phenols is 1. The number of aromatic hydroxyl groups is 1. The largest absolute Gasteiger partial charge is 0.508 e. The fourth-order valence-corrected chi connectivity index (χ4v) is 4.53. The summed E-state index contributed by atoms with van der Waals surface area (Å²) in [7, 11) is 0. The van der Waals surface area contributed by atoms with Gasteiger partial charge in [-0.1, -0.05) is 48.0 Å². The van der Waals surface area contributed by atoms with E-state index in [1.165, 1.54) is 0 Å². The van der Waals surface area contributed by atoms with Gasteiger partial charge in [-0.3, -0.25) is 9.69 Å². The standard InChI is InChI=1S/C27H30ClN3O3/c28-24-5-3-6-25(23(24)18-32)29-22-12-14-31(15-13-22)17-27(34)30-21-10-8-19(9-11-21)16-20-4-1-2-7-26(20)33/h1-11,22,29,32-33H,12-18H2,(H,30,34). The molecule has 1 amide bonds. The topological polar surface area (TPSA) is 84.8 Å². The first-order valence-electron chi connectivity index (χ1n) is 11.5. The second kappa shape index (κ2) is 11.4. The van der Waals surface area contributed by atoms with Crippen molar-refractivity contribution in [1.29, 1.82) is 0 Å². The van der Waals surface area contributed by atoms with Gasteiger partial charge in [0, 0.05) is 47.5 Å². The number of carbonyl (C=O) groups is 1. The van der Waals surface area contributed by atoms with E-state index in [9.17, 15) is 15.0 Å². The smallest absolute Gasteiger partial charge is 0.238 e. The minimum absolute atomic E-state index is 0.0303. The molecule has 6 nitrogen and oxygen atoms in total. The summed E-state index contributed by atoms with van der Waals surface area (Å²) >= 11 is 6.18. The fourth-order valence-electron chi connectivity index (χ4n) is 4.30. The van der Waals surface area contributed by atoms with Crippen LogP contribution in [-0.4, -0.2) is 46.7 Å². The summed E-state index contributed by atoms with van der Waals surface area (Å²) in [6.45, 7) is 1.89. The zero-order valence-electron chi connectivity index (χ0n) is 19.0. The van der Waals surface area contributed by atoms with Crippen LogP contribution in [0.25, 0.3) is 0 Å². The molecule has 0 aliphatic carbocycles. The number of nitrogens with one attached hydrogen (secondary N) is 2. The molecule has 178 valence electrons. The van der Waals surface area contributed by atoms with Gasteiger partial charge >= 0.3 is 0 Å². The van der Waals surface area contributed by atoms with Crippen LogP contribution in [0, 0.1) is 0 Å². The lowest BCUT2D eigenvalue weighted by Gasteiger charge is -2.32. The van der Waals surface area contributed by atoms with Crippen LogP contribution in [0.1, 0.15) is 29.5 Å². The molecule has 1 saturated heterocycles. The zero-order chi connectivity index (χ0) is 23.9. The number of nitrogens with zero attached hydrogens (tertiary/aromatic N) is 1. The molecule has 0 saturated carbocycles. The molecule has 0 atom stereocenters. The van der Waals surface area contributed by atoms with Gasteiger partial charge in [0.1, 0.15) is 5.75 Å². The third-order valence-corrected chi connectivity index (χ3v) is 6.57. The molecule has 3 aromatic carbocycles. The number of halogens is 1. The fraction of sp³-hybridized carbons (Fsp3) is 0.296. The molecule has 1 fully saturated rings. The second-order valence-corrected chi connectivity index (χ2v) is 9.08. The molecule has 7 heteroatoms. The Morgan fingerprint density at radius 1 is 1.00 bits per heavy atom. The van der Waals surface area contributed by atoms with Crippen molar-refractivity contribution in [1.82, 2.24) is 4.90 Å². The van der Waals surface area contributed by atoms with Gasteiger partial charge in [0.05, 0.1) is 13.2 Å². The van der Waals surface area contributed by atoms with Crippen LogP contribution in [-0.2, 0) is 17.8 Å². The van der Waals surface area contributed by atoms with Crippen LogP contribution in [0.5, 0.6) is 5.75 Å². The third-order valence-electron chi connectivity index (χ3n) is 6.22. The predicted octanol–water partition coefficient (Wildman–Crippen LogP) is 4.64. The van der Waals surface area contributed by atoms with Crippen molar-refractivity contribution in [3.8, 4) is 5.75 Å². The summed E-state index contributed by atoms with van der Waals surface area (Å²) in [6, 6.07) is 20.9. The van der Waals surface area contributed by atoms with Gasteiger partial charge in [-0.05, 0) is 54.3 Å². The van der Waals surface area contributed by atoms with Crippen molar-refractivity contribution >= 4 is 28.9 Å². The highest BCUT2D eigenvalue weighted by Gasteiger charge is 2.21. The van der Waals surface area contributed by atoms with E-state index in [0.29, 0.717) is 23.7 Å². The maximum absolute atomic E-state index is 12.6. The number of para-hydroxylation sites is 1. The molecule has 0 bridgehead atoms. The number of likely N-dealkylation sites (tertiary alicyclic amines) is 1. The zero-order valence-corrected chi connectivity index (χ0v) is 19.8. The summed E-state index contributed by atoms with van der Waals surface area (Å²) in [5, 5.41) is 26.6. The lowest BCUT2D eigenvalue weighted by Crippen LogP contribution is -2.42. The molecule has 0 unspecified atom stereocenters. The van der Waals surface area contributed by atoms with Crippen LogP contribution in [0.3, 0.4) is 0 Å². The van der Waals surface area contributed by atoms with E-state index in [1.807, 2.05) is 54.6 Å². The highest BCUT2D eigenvalue weighted by atomic mass is 35.5. The third kappa shape index (κ3) is 6.29. The Hall–Kier alpha value is -3.06. The molecule has 1 aliphatic heterocycles. The van der Waals surface area contributed by atoms with Crippen LogP contribution in [0.4, 0.5) is 11.4 Å². The monoisotopic (exact) mass is 479 g/mol. The van der Waals surface area contributed by atoms with Gasteiger partial charge in [-0.15, -0.1) is 0 Å². The highest BCUT2D eigenvalue weighted by Crippen LogP contribution is 2.26. The van der Waals surface area contributed by atoms with Crippen molar-refractivity contribution in [3.05, 3.63) is 88.4 Å². The Morgan fingerprint density at radius 2 is 1.74 bits per heavy atom. The Balaban J connectivity index is 1.23. The number of anilines is 2. The Bertz CT molecular complexity index is 1110. The van der Waals surface area contributed by atoms with Gasteiger partial charge in [0.2, 0.25) is 5.91 Å². The molecule has 1 heterocycles. The lowest BCUT2D eigenvalue weighted by molar-refractivity contribution is -0.117. The quantitative estimate of drug-likeness (QED) is 0.378. The number of carbonyl (C=O) groups excluding carboxylic acids is 1. The number of amides is 1. The van der Waals surface area contributed by atoms with Crippen molar-refractivity contribution in [2.24, 2.45) is 0 Å². The first-order valence-corrected chi connectivity index (χ1v) is 11.9. The molecule has 34 heavy (non-hydrogen) atoms. The Morgan fingerprint density at radius 3 is 2.44 bits per heavy atom. The number of rotatable bonds is 8. The SMILES string of the molecule is O=C(CN1CCC(Nc2cccc(Cl)c2CO)CC1)Nc1ccc(Cc2ccccc2O)cc1. The summed E-state index contributed by atoms with van der Waals surface area (Å²) in [5.41, 5.74) is 4.30. The van der Waals surface area contributed by atoms with Gasteiger partial charge in [-0.25, -0.2) is 0 Å². The lowest BCUT2D eigenvalue weighted by atomic mass is 10.0. The first-order chi connectivity index (χ1) is 16.5. The predicted molar refractivity (Wildman–Crippen MR) is 136 cm³/mol. The van der Waals surface area contributed by atoms with Gasteiger partial charge in [0.25, 0.3) is 0 Å². The van der Waals surface area contributed by atoms with Crippen molar-refractivity contribution in [2.75, 3.05) is 30.3 Å². The van der Waals surface area contributed by atoms with E-state index < -0.39 is 0 Å². The molecule has 0 radical (unpaired) electrons. The summed E-state index contributed by atoms with van der Waals surface area (Å²) in [6.07, 6.45) is 2.45. The summed E-state index contributed by atoms with van der Waals surface area (Å²) < 4.78 is 0. The average Bonchev–Trinajstić information content (AvgIpc) is 2.83. The highest BCUT2D eigenvalue weighted by molar-refractivity contribution is 6.31. The van der Waals surface area contributed by atoms with Crippen LogP contribution in [0.15, 0.2) is 66.7 Å². The number of aliphatic hydroxyl groups is 1. The van der Waals surface area contributed by atoms with Gasteiger partial charge < -0.3 is 20.8 Å². The van der Waals surface area contributed by atoms with E-state index in [2.05, 4.69) is 15.5 Å². The second-order valence-electron chi connectivity index (χ2n) is 8.67. The summed E-state index contributed by atoms with van der Waals surface area (Å²) in [4.78, 5) is 14.7. The van der Waals surface area contributed by atoms with Crippen LogP contribution >= 0.6 is 11.6 Å². The van der Waals surface area contributed by atoms with E-state index in [-0.39, 0.29) is 18.6 Å². The van der Waals surface area contributed by atoms with Crippen molar-refractivity contribution < 1.29 is 15.0 Å². The number of piperidine rings is 1. The number of hydrogen-bond donors (Lipinski definition) is 4. The van der Waals surface area contributed by atoms with E-state index in [1.54, 1.807) is 12.1 Å². The van der Waals surface area contributed by atoms with Crippen molar-refractivity contribution in [2.45, 2.75) is 31.9 Å². The Kier molecular flexibility index (Phi) is 8.06.